The maximum atomic E-state index is 12.5. The summed E-state index contributed by atoms with van der Waals surface area (Å²) < 4.78 is 11.2. The highest BCUT2D eigenvalue weighted by Crippen LogP contribution is 2.32. The number of hydrogen-bond donors (Lipinski definition) is 2. The van der Waals surface area contributed by atoms with Crippen molar-refractivity contribution in [3.05, 3.63) is 48.0 Å². The summed E-state index contributed by atoms with van der Waals surface area (Å²) in [5, 5.41) is 5.60. The minimum Gasteiger partial charge on any atom is -0.494 e. The van der Waals surface area contributed by atoms with E-state index in [-0.39, 0.29) is 11.8 Å². The fraction of sp³-hybridized carbons (Fsp3) is 0.364. The topological polar surface area (TPSA) is 76.7 Å². The predicted molar refractivity (Wildman–Crippen MR) is 109 cm³/mol. The molecule has 1 aliphatic heterocycles. The average Bonchev–Trinajstić information content (AvgIpc) is 2.69. The molecule has 0 aromatic heterocycles. The molecule has 28 heavy (non-hydrogen) atoms. The quantitative estimate of drug-likeness (QED) is 0.653. The summed E-state index contributed by atoms with van der Waals surface area (Å²) in [7, 11) is 0. The molecule has 1 atom stereocenters. The lowest BCUT2D eigenvalue weighted by molar-refractivity contribution is -0.122. The second-order valence-electron chi connectivity index (χ2n) is 6.85. The Bertz CT molecular complexity index is 833. The van der Waals surface area contributed by atoms with E-state index in [0.717, 1.165) is 12.2 Å². The first kappa shape index (κ1) is 19.7. The third kappa shape index (κ3) is 5.03. The third-order valence-electron chi connectivity index (χ3n) is 4.55. The number of carbonyl (C=O) groups is 2. The summed E-state index contributed by atoms with van der Waals surface area (Å²) in [6.07, 6.45) is 4.10. The number of anilines is 2. The second kappa shape index (κ2) is 9.26. The van der Waals surface area contributed by atoms with E-state index in [4.69, 9.17) is 9.47 Å². The molecule has 2 aromatic carbocycles. The number of rotatable bonds is 8. The van der Waals surface area contributed by atoms with Crippen LogP contribution in [-0.4, -0.2) is 24.5 Å². The molecule has 0 saturated carbocycles. The van der Waals surface area contributed by atoms with Crippen molar-refractivity contribution in [3.8, 4) is 11.5 Å². The molecule has 2 N–H and O–H groups in total. The Morgan fingerprint density at radius 2 is 1.93 bits per heavy atom. The lowest BCUT2D eigenvalue weighted by Crippen LogP contribution is -2.34. The van der Waals surface area contributed by atoms with Crippen molar-refractivity contribution in [1.82, 2.24) is 0 Å². The largest absolute Gasteiger partial charge is 0.494 e. The lowest BCUT2D eigenvalue weighted by atomic mass is 10.1. The van der Waals surface area contributed by atoms with Gasteiger partial charge in [-0.25, -0.2) is 0 Å². The molecule has 3 rings (SSSR count). The molecule has 0 radical (unpaired) electrons. The molecule has 2 aromatic rings. The summed E-state index contributed by atoms with van der Waals surface area (Å²) in [6.45, 7) is 4.55. The lowest BCUT2D eigenvalue weighted by Gasteiger charge is -2.23. The van der Waals surface area contributed by atoms with Gasteiger partial charge in [-0.2, -0.15) is 0 Å². The van der Waals surface area contributed by atoms with Gasteiger partial charge in [-0.3, -0.25) is 9.59 Å². The molecular weight excluding hydrogens is 356 g/mol. The minimum absolute atomic E-state index is 0.207. The van der Waals surface area contributed by atoms with Crippen molar-refractivity contribution in [2.45, 2.75) is 45.6 Å². The molecule has 0 spiro atoms. The fourth-order valence-corrected chi connectivity index (χ4v) is 2.91. The molecule has 6 nitrogen and oxygen atoms in total. The molecule has 0 bridgehead atoms. The molecular formula is C22H26N2O4. The number of benzene rings is 2. The number of hydrogen-bond acceptors (Lipinski definition) is 4. The Balaban J connectivity index is 1.56. The second-order valence-corrected chi connectivity index (χ2v) is 6.85. The van der Waals surface area contributed by atoms with Crippen LogP contribution < -0.4 is 20.1 Å². The summed E-state index contributed by atoms with van der Waals surface area (Å²) in [5.74, 6) is 0.911. The van der Waals surface area contributed by atoms with E-state index in [1.807, 2.05) is 0 Å². The van der Waals surface area contributed by atoms with E-state index < -0.39 is 6.10 Å². The van der Waals surface area contributed by atoms with Gasteiger partial charge in [-0.15, -0.1) is 0 Å². The van der Waals surface area contributed by atoms with Gasteiger partial charge in [0.25, 0.3) is 11.8 Å². The molecule has 0 unspecified atom stereocenters. The van der Waals surface area contributed by atoms with E-state index in [1.54, 1.807) is 49.4 Å². The van der Waals surface area contributed by atoms with E-state index in [1.165, 1.54) is 19.3 Å². The fourth-order valence-electron chi connectivity index (χ4n) is 2.91. The summed E-state index contributed by atoms with van der Waals surface area (Å²) in [4.78, 5) is 24.2. The van der Waals surface area contributed by atoms with Gasteiger partial charge in [-0.1, -0.05) is 26.2 Å². The van der Waals surface area contributed by atoms with Crippen molar-refractivity contribution in [2.75, 3.05) is 17.2 Å². The van der Waals surface area contributed by atoms with E-state index in [9.17, 15) is 9.59 Å². The number of amides is 2. The monoisotopic (exact) mass is 382 g/mol. The van der Waals surface area contributed by atoms with E-state index in [0.29, 0.717) is 29.3 Å². The number of nitrogens with one attached hydrogen (secondary N) is 2. The van der Waals surface area contributed by atoms with Crippen molar-refractivity contribution >= 4 is 23.2 Å². The molecule has 1 aliphatic rings. The average molecular weight is 382 g/mol. The maximum absolute atomic E-state index is 12.5. The van der Waals surface area contributed by atoms with Crippen LogP contribution in [0.5, 0.6) is 11.5 Å². The molecule has 2 amide bonds. The summed E-state index contributed by atoms with van der Waals surface area (Å²) in [5.41, 5.74) is 1.66. The predicted octanol–water partition coefficient (Wildman–Crippen LogP) is 4.62. The van der Waals surface area contributed by atoms with Gasteiger partial charge in [-0.05, 0) is 55.8 Å². The van der Waals surface area contributed by atoms with Crippen molar-refractivity contribution < 1.29 is 19.1 Å². The van der Waals surface area contributed by atoms with Gasteiger partial charge >= 0.3 is 0 Å². The number of unbranched alkanes of at least 4 members (excludes halogenated alkanes) is 3. The highest BCUT2D eigenvalue weighted by Gasteiger charge is 2.23. The van der Waals surface area contributed by atoms with Crippen LogP contribution in [0.2, 0.25) is 0 Å². The summed E-state index contributed by atoms with van der Waals surface area (Å²) in [6, 6.07) is 12.2. The van der Waals surface area contributed by atoms with E-state index in [2.05, 4.69) is 17.6 Å². The van der Waals surface area contributed by atoms with Crippen LogP contribution in [0.4, 0.5) is 11.4 Å². The van der Waals surface area contributed by atoms with Crippen molar-refractivity contribution in [3.63, 3.8) is 0 Å². The normalized spacial score (nSPS) is 15.2. The summed E-state index contributed by atoms with van der Waals surface area (Å²) >= 11 is 0. The van der Waals surface area contributed by atoms with Gasteiger partial charge < -0.3 is 20.1 Å². The highest BCUT2D eigenvalue weighted by molar-refractivity contribution is 6.05. The highest BCUT2D eigenvalue weighted by atomic mass is 16.5. The zero-order valence-electron chi connectivity index (χ0n) is 16.3. The first-order valence-corrected chi connectivity index (χ1v) is 9.72. The molecule has 6 heteroatoms. The van der Waals surface area contributed by atoms with Gasteiger partial charge in [0.15, 0.2) is 6.10 Å². The van der Waals surface area contributed by atoms with Crippen LogP contribution in [-0.2, 0) is 4.79 Å². The SMILES string of the molecule is CCCCCCOc1ccc(C(=O)Nc2ccc3c(c2)NC(=O)[C@@H](C)O3)cc1. The Hall–Kier alpha value is -3.02. The van der Waals surface area contributed by atoms with Gasteiger partial charge in [0.05, 0.1) is 12.3 Å². The van der Waals surface area contributed by atoms with Gasteiger partial charge in [0.2, 0.25) is 0 Å². The van der Waals surface area contributed by atoms with Crippen LogP contribution in [0.3, 0.4) is 0 Å². The number of ether oxygens (including phenoxy) is 2. The van der Waals surface area contributed by atoms with Gasteiger partial charge in [0, 0.05) is 11.3 Å². The third-order valence-corrected chi connectivity index (χ3v) is 4.55. The molecule has 1 heterocycles. The van der Waals surface area contributed by atoms with Crippen molar-refractivity contribution in [1.29, 1.82) is 0 Å². The van der Waals surface area contributed by atoms with Crippen LogP contribution in [0.25, 0.3) is 0 Å². The minimum atomic E-state index is -0.527. The molecule has 0 saturated heterocycles. The Morgan fingerprint density at radius 3 is 2.68 bits per heavy atom. The molecule has 148 valence electrons. The van der Waals surface area contributed by atoms with E-state index >= 15 is 0 Å². The zero-order chi connectivity index (χ0) is 19.9. The van der Waals surface area contributed by atoms with Crippen LogP contribution in [0.15, 0.2) is 42.5 Å². The van der Waals surface area contributed by atoms with Gasteiger partial charge in [0.1, 0.15) is 11.5 Å². The zero-order valence-corrected chi connectivity index (χ0v) is 16.3. The number of carbonyl (C=O) groups excluding carboxylic acids is 2. The Morgan fingerprint density at radius 1 is 1.14 bits per heavy atom. The first-order chi connectivity index (χ1) is 13.6. The smallest absolute Gasteiger partial charge is 0.265 e. The Kier molecular flexibility index (Phi) is 6.53. The van der Waals surface area contributed by atoms with Crippen molar-refractivity contribution in [2.24, 2.45) is 0 Å². The standard InChI is InChI=1S/C22H26N2O4/c1-3-4-5-6-13-27-18-10-7-16(8-11-18)22(26)23-17-9-12-20-19(14-17)24-21(25)15(2)28-20/h7-12,14-15H,3-6,13H2,1-2H3,(H,23,26)(H,24,25)/t15-/m1/s1. The van der Waals surface area contributed by atoms with Crippen LogP contribution in [0.1, 0.15) is 49.9 Å². The maximum Gasteiger partial charge on any atom is 0.265 e. The number of fused-ring (bicyclic) bond motifs is 1. The molecule has 0 fully saturated rings. The van der Waals surface area contributed by atoms with Crippen LogP contribution in [0, 0.1) is 0 Å². The molecule has 0 aliphatic carbocycles. The van der Waals surface area contributed by atoms with Crippen LogP contribution >= 0.6 is 0 Å². The first-order valence-electron chi connectivity index (χ1n) is 9.72. The Labute approximate surface area is 165 Å².